The van der Waals surface area contributed by atoms with Gasteiger partial charge in [0.15, 0.2) is 0 Å². The highest BCUT2D eigenvalue weighted by molar-refractivity contribution is 7.89. The molecule has 0 aliphatic heterocycles. The Morgan fingerprint density at radius 2 is 1.56 bits per heavy atom. The number of nitrogens with two attached hydrogens (primary N) is 1. The standard InChI is InChI=1S/C19H22N4O3S/c1-3-23(4-2)27(24,25)17-11-9-16(10-12-17)19-21-18(22-26-19)15-7-5-14(13-20)6-8-15/h5-12H,3-4,13,20H2,1-2H3. The van der Waals surface area contributed by atoms with Crippen LogP contribution in [0.3, 0.4) is 0 Å². The lowest BCUT2D eigenvalue weighted by atomic mass is 10.1. The van der Waals surface area contributed by atoms with Crippen molar-refractivity contribution >= 4 is 10.0 Å². The molecular formula is C19H22N4O3S. The van der Waals surface area contributed by atoms with Crippen LogP contribution in [0.5, 0.6) is 0 Å². The maximum atomic E-state index is 12.5. The van der Waals surface area contributed by atoms with Crippen molar-refractivity contribution in [2.45, 2.75) is 25.3 Å². The maximum absolute atomic E-state index is 12.5. The van der Waals surface area contributed by atoms with Crippen LogP contribution in [0.1, 0.15) is 19.4 Å². The number of benzene rings is 2. The highest BCUT2D eigenvalue weighted by atomic mass is 32.2. The fraction of sp³-hybridized carbons (Fsp3) is 0.263. The van der Waals surface area contributed by atoms with Crippen molar-refractivity contribution in [2.24, 2.45) is 5.73 Å². The molecule has 8 heteroatoms. The lowest BCUT2D eigenvalue weighted by molar-refractivity contribution is 0.432. The maximum Gasteiger partial charge on any atom is 0.258 e. The topological polar surface area (TPSA) is 102 Å². The zero-order valence-corrected chi connectivity index (χ0v) is 16.1. The van der Waals surface area contributed by atoms with E-state index in [0.29, 0.717) is 36.9 Å². The Labute approximate surface area is 158 Å². The van der Waals surface area contributed by atoms with Gasteiger partial charge in [0.2, 0.25) is 15.8 Å². The van der Waals surface area contributed by atoms with Crippen molar-refractivity contribution in [3.8, 4) is 22.8 Å². The van der Waals surface area contributed by atoms with Gasteiger partial charge in [-0.1, -0.05) is 43.3 Å². The van der Waals surface area contributed by atoms with Gasteiger partial charge in [-0.15, -0.1) is 0 Å². The molecule has 0 amide bonds. The molecule has 0 radical (unpaired) electrons. The van der Waals surface area contributed by atoms with Gasteiger partial charge in [0.05, 0.1) is 4.90 Å². The first-order valence-corrected chi connectivity index (χ1v) is 10.2. The van der Waals surface area contributed by atoms with Gasteiger partial charge < -0.3 is 10.3 Å². The second kappa shape index (κ2) is 7.99. The minimum atomic E-state index is -3.49. The minimum absolute atomic E-state index is 0.243. The molecule has 3 rings (SSSR count). The molecule has 2 aromatic carbocycles. The molecule has 142 valence electrons. The van der Waals surface area contributed by atoms with E-state index in [4.69, 9.17) is 10.3 Å². The van der Waals surface area contributed by atoms with Gasteiger partial charge in [0.1, 0.15) is 0 Å². The van der Waals surface area contributed by atoms with Crippen LogP contribution in [0, 0.1) is 0 Å². The van der Waals surface area contributed by atoms with Gasteiger partial charge in [0.25, 0.3) is 5.89 Å². The summed E-state index contributed by atoms with van der Waals surface area (Å²) in [5.41, 5.74) is 8.10. The van der Waals surface area contributed by atoms with E-state index in [2.05, 4.69) is 10.1 Å². The van der Waals surface area contributed by atoms with E-state index >= 15 is 0 Å². The highest BCUT2D eigenvalue weighted by Gasteiger charge is 2.21. The Morgan fingerprint density at radius 1 is 0.963 bits per heavy atom. The predicted octanol–water partition coefficient (Wildman–Crippen LogP) is 2.89. The number of hydrogen-bond donors (Lipinski definition) is 1. The van der Waals surface area contributed by atoms with Crippen molar-refractivity contribution in [1.29, 1.82) is 0 Å². The van der Waals surface area contributed by atoms with Gasteiger partial charge >= 0.3 is 0 Å². The van der Waals surface area contributed by atoms with Crippen LogP contribution < -0.4 is 5.73 Å². The van der Waals surface area contributed by atoms with Crippen LogP contribution in [0.4, 0.5) is 0 Å². The normalized spacial score (nSPS) is 11.9. The zero-order valence-electron chi connectivity index (χ0n) is 15.3. The van der Waals surface area contributed by atoms with Gasteiger partial charge in [-0.3, -0.25) is 0 Å². The molecule has 0 aliphatic carbocycles. The molecule has 0 aliphatic rings. The number of hydrogen-bond acceptors (Lipinski definition) is 6. The fourth-order valence-electron chi connectivity index (χ4n) is 2.73. The SMILES string of the molecule is CCN(CC)S(=O)(=O)c1ccc(-c2nc(-c3ccc(CN)cc3)no2)cc1. The lowest BCUT2D eigenvalue weighted by Gasteiger charge is -2.18. The predicted molar refractivity (Wildman–Crippen MR) is 103 cm³/mol. The van der Waals surface area contributed by atoms with Gasteiger partial charge in [-0.05, 0) is 29.8 Å². The average Bonchev–Trinajstić information content (AvgIpc) is 3.19. The summed E-state index contributed by atoms with van der Waals surface area (Å²) in [6, 6.07) is 14.1. The zero-order chi connectivity index (χ0) is 19.4. The molecule has 7 nitrogen and oxygen atoms in total. The van der Waals surface area contributed by atoms with E-state index in [1.807, 2.05) is 38.1 Å². The smallest absolute Gasteiger partial charge is 0.258 e. The molecule has 0 atom stereocenters. The van der Waals surface area contributed by atoms with E-state index in [1.165, 1.54) is 4.31 Å². The second-order valence-corrected chi connectivity index (χ2v) is 7.88. The minimum Gasteiger partial charge on any atom is -0.334 e. The molecule has 0 spiro atoms. The second-order valence-electron chi connectivity index (χ2n) is 5.94. The van der Waals surface area contributed by atoms with Crippen LogP contribution >= 0.6 is 0 Å². The van der Waals surface area contributed by atoms with Crippen LogP contribution in [-0.2, 0) is 16.6 Å². The summed E-state index contributed by atoms with van der Waals surface area (Å²) in [5, 5.41) is 4.00. The summed E-state index contributed by atoms with van der Waals surface area (Å²) in [5.74, 6) is 0.799. The molecule has 1 aromatic heterocycles. The Hall–Kier alpha value is -2.55. The van der Waals surface area contributed by atoms with Crippen LogP contribution in [-0.4, -0.2) is 36.0 Å². The molecule has 0 saturated heterocycles. The summed E-state index contributed by atoms with van der Waals surface area (Å²) in [7, 11) is -3.49. The first-order chi connectivity index (χ1) is 13.0. The molecule has 0 unspecified atom stereocenters. The van der Waals surface area contributed by atoms with Crippen molar-refractivity contribution in [3.63, 3.8) is 0 Å². The number of sulfonamides is 1. The van der Waals surface area contributed by atoms with Gasteiger partial charge in [0, 0.05) is 30.8 Å². The third-order valence-electron chi connectivity index (χ3n) is 4.32. The Kier molecular flexibility index (Phi) is 5.69. The number of aromatic nitrogens is 2. The Morgan fingerprint density at radius 3 is 2.11 bits per heavy atom. The first kappa shape index (κ1) is 19.2. The van der Waals surface area contributed by atoms with Crippen molar-refractivity contribution in [1.82, 2.24) is 14.4 Å². The van der Waals surface area contributed by atoms with Crippen molar-refractivity contribution < 1.29 is 12.9 Å². The van der Waals surface area contributed by atoms with E-state index in [9.17, 15) is 8.42 Å². The summed E-state index contributed by atoms with van der Waals surface area (Å²) in [4.78, 5) is 4.64. The summed E-state index contributed by atoms with van der Waals surface area (Å²) in [6.45, 7) is 4.96. The van der Waals surface area contributed by atoms with Crippen molar-refractivity contribution in [3.05, 3.63) is 54.1 Å². The van der Waals surface area contributed by atoms with Crippen LogP contribution in [0.2, 0.25) is 0 Å². The summed E-state index contributed by atoms with van der Waals surface area (Å²) >= 11 is 0. The molecule has 0 fully saturated rings. The lowest BCUT2D eigenvalue weighted by Crippen LogP contribution is -2.30. The Bertz CT molecular complexity index is 992. The van der Waals surface area contributed by atoms with E-state index in [1.54, 1.807) is 24.3 Å². The van der Waals surface area contributed by atoms with Gasteiger partial charge in [-0.2, -0.15) is 9.29 Å². The molecule has 2 N–H and O–H groups in total. The highest BCUT2D eigenvalue weighted by Crippen LogP contribution is 2.24. The molecule has 0 bridgehead atoms. The summed E-state index contributed by atoms with van der Waals surface area (Å²) < 4.78 is 31.8. The monoisotopic (exact) mass is 386 g/mol. The molecular weight excluding hydrogens is 364 g/mol. The van der Waals surface area contributed by atoms with E-state index in [0.717, 1.165) is 11.1 Å². The van der Waals surface area contributed by atoms with Gasteiger partial charge in [-0.25, -0.2) is 8.42 Å². The van der Waals surface area contributed by atoms with Crippen molar-refractivity contribution in [2.75, 3.05) is 13.1 Å². The third-order valence-corrected chi connectivity index (χ3v) is 6.38. The first-order valence-electron chi connectivity index (χ1n) is 8.73. The van der Waals surface area contributed by atoms with Crippen LogP contribution in [0.15, 0.2) is 57.9 Å². The quantitative estimate of drug-likeness (QED) is 0.670. The molecule has 3 aromatic rings. The Balaban J connectivity index is 1.85. The molecule has 27 heavy (non-hydrogen) atoms. The largest absolute Gasteiger partial charge is 0.334 e. The van der Waals surface area contributed by atoms with E-state index < -0.39 is 10.0 Å². The average molecular weight is 386 g/mol. The van der Waals surface area contributed by atoms with E-state index in [-0.39, 0.29) is 4.90 Å². The molecule has 1 heterocycles. The third kappa shape index (κ3) is 3.92. The van der Waals surface area contributed by atoms with Crippen LogP contribution in [0.25, 0.3) is 22.8 Å². The number of rotatable bonds is 7. The summed E-state index contributed by atoms with van der Waals surface area (Å²) in [6.07, 6.45) is 0. The molecule has 0 saturated carbocycles. The number of nitrogens with zero attached hydrogens (tertiary/aromatic N) is 3. The fourth-order valence-corrected chi connectivity index (χ4v) is 4.19.